The molecule has 2 aromatic carbocycles. The standard InChI is InChI=1S/C22H24N4O2/c1-15-11-16(2)13-17(12-15)23-20(27)14-26-19-8-4-3-7-18(19)21(24-26)22(28)25-9-5-6-10-25/h3-4,7-8,11-13H,5-6,9-10,14H2,1-2H3,(H,23,27). The Morgan fingerprint density at radius 1 is 1.04 bits per heavy atom. The smallest absolute Gasteiger partial charge is 0.275 e. The molecule has 4 rings (SSSR count). The highest BCUT2D eigenvalue weighted by molar-refractivity contribution is 6.05. The van der Waals surface area contributed by atoms with Crippen molar-refractivity contribution in [3.63, 3.8) is 0 Å². The molecule has 0 radical (unpaired) electrons. The summed E-state index contributed by atoms with van der Waals surface area (Å²) >= 11 is 0. The molecule has 0 atom stereocenters. The summed E-state index contributed by atoms with van der Waals surface area (Å²) in [4.78, 5) is 27.3. The number of rotatable bonds is 4. The summed E-state index contributed by atoms with van der Waals surface area (Å²) in [5, 5.41) is 8.24. The fraction of sp³-hybridized carbons (Fsp3) is 0.318. The molecule has 144 valence electrons. The van der Waals surface area contributed by atoms with Crippen LogP contribution < -0.4 is 5.32 Å². The molecule has 0 saturated carbocycles. The Balaban J connectivity index is 1.60. The van der Waals surface area contributed by atoms with Crippen LogP contribution in [0.5, 0.6) is 0 Å². The van der Waals surface area contributed by atoms with Gasteiger partial charge in [0.15, 0.2) is 5.69 Å². The van der Waals surface area contributed by atoms with Crippen LogP contribution >= 0.6 is 0 Å². The van der Waals surface area contributed by atoms with Crippen LogP contribution in [0.4, 0.5) is 5.69 Å². The molecular formula is C22H24N4O2. The van der Waals surface area contributed by atoms with Crippen molar-refractivity contribution < 1.29 is 9.59 Å². The van der Waals surface area contributed by atoms with E-state index in [2.05, 4.69) is 16.5 Å². The third kappa shape index (κ3) is 3.63. The van der Waals surface area contributed by atoms with Crippen molar-refractivity contribution in [1.29, 1.82) is 0 Å². The number of amides is 2. The minimum absolute atomic E-state index is 0.0535. The maximum atomic E-state index is 12.9. The van der Waals surface area contributed by atoms with Crippen LogP contribution in [0.25, 0.3) is 10.9 Å². The van der Waals surface area contributed by atoms with Gasteiger partial charge >= 0.3 is 0 Å². The van der Waals surface area contributed by atoms with Gasteiger partial charge in [-0.1, -0.05) is 24.3 Å². The topological polar surface area (TPSA) is 67.2 Å². The minimum Gasteiger partial charge on any atom is -0.337 e. The summed E-state index contributed by atoms with van der Waals surface area (Å²) in [6.45, 7) is 5.60. The summed E-state index contributed by atoms with van der Waals surface area (Å²) in [7, 11) is 0. The Kier molecular flexibility index (Phi) is 4.86. The van der Waals surface area contributed by atoms with E-state index in [0.29, 0.717) is 5.69 Å². The normalized spacial score (nSPS) is 13.9. The van der Waals surface area contributed by atoms with E-state index in [0.717, 1.165) is 53.6 Å². The Hall–Kier alpha value is -3.15. The van der Waals surface area contributed by atoms with Crippen molar-refractivity contribution in [2.24, 2.45) is 0 Å². The number of hydrogen-bond acceptors (Lipinski definition) is 3. The quantitative estimate of drug-likeness (QED) is 0.757. The fourth-order valence-corrected chi connectivity index (χ4v) is 3.86. The second kappa shape index (κ2) is 7.46. The zero-order valence-corrected chi connectivity index (χ0v) is 16.2. The minimum atomic E-state index is -0.168. The number of aromatic nitrogens is 2. The van der Waals surface area contributed by atoms with E-state index in [-0.39, 0.29) is 18.4 Å². The van der Waals surface area contributed by atoms with Crippen LogP contribution in [0.3, 0.4) is 0 Å². The van der Waals surface area contributed by atoms with Gasteiger partial charge in [0.1, 0.15) is 6.54 Å². The number of likely N-dealkylation sites (tertiary alicyclic amines) is 1. The average molecular weight is 376 g/mol. The molecule has 1 fully saturated rings. The number of carbonyl (C=O) groups is 2. The molecule has 3 aromatic rings. The molecule has 0 spiro atoms. The van der Waals surface area contributed by atoms with Gasteiger partial charge in [0.05, 0.1) is 5.52 Å². The Labute approximate surface area is 164 Å². The van der Waals surface area contributed by atoms with Gasteiger partial charge in [-0.2, -0.15) is 5.10 Å². The van der Waals surface area contributed by atoms with E-state index in [9.17, 15) is 9.59 Å². The zero-order chi connectivity index (χ0) is 19.7. The van der Waals surface area contributed by atoms with Crippen molar-refractivity contribution >= 4 is 28.4 Å². The van der Waals surface area contributed by atoms with Gasteiger partial charge in [0.2, 0.25) is 5.91 Å². The molecule has 6 nitrogen and oxygen atoms in total. The number of anilines is 1. The number of benzene rings is 2. The van der Waals surface area contributed by atoms with Gasteiger partial charge in [-0.15, -0.1) is 0 Å². The van der Waals surface area contributed by atoms with Gasteiger partial charge in [-0.3, -0.25) is 14.3 Å². The number of fused-ring (bicyclic) bond motifs is 1. The molecule has 1 aromatic heterocycles. The first-order valence-corrected chi connectivity index (χ1v) is 9.64. The summed E-state index contributed by atoms with van der Waals surface area (Å²) in [6.07, 6.45) is 2.06. The third-order valence-electron chi connectivity index (χ3n) is 5.05. The zero-order valence-electron chi connectivity index (χ0n) is 16.2. The summed E-state index contributed by atoms with van der Waals surface area (Å²) < 4.78 is 1.62. The monoisotopic (exact) mass is 376 g/mol. The maximum absolute atomic E-state index is 12.9. The van der Waals surface area contributed by atoms with Crippen molar-refractivity contribution in [1.82, 2.24) is 14.7 Å². The molecule has 1 aliphatic heterocycles. The first kappa shape index (κ1) is 18.2. The maximum Gasteiger partial charge on any atom is 0.275 e. The fourth-order valence-electron chi connectivity index (χ4n) is 3.86. The molecule has 0 unspecified atom stereocenters. The molecule has 1 saturated heterocycles. The third-order valence-corrected chi connectivity index (χ3v) is 5.05. The number of nitrogens with zero attached hydrogens (tertiary/aromatic N) is 3. The Morgan fingerprint density at radius 3 is 2.43 bits per heavy atom. The second-order valence-corrected chi connectivity index (χ2v) is 7.45. The average Bonchev–Trinajstić information content (AvgIpc) is 3.29. The number of hydrogen-bond donors (Lipinski definition) is 1. The predicted molar refractivity (Wildman–Crippen MR) is 109 cm³/mol. The van der Waals surface area contributed by atoms with E-state index in [1.165, 1.54) is 0 Å². The Morgan fingerprint density at radius 2 is 1.71 bits per heavy atom. The highest BCUT2D eigenvalue weighted by Crippen LogP contribution is 2.22. The van der Waals surface area contributed by atoms with Crippen LogP contribution in [-0.4, -0.2) is 39.6 Å². The molecule has 0 aliphatic carbocycles. The van der Waals surface area contributed by atoms with E-state index >= 15 is 0 Å². The number of nitrogens with one attached hydrogen (secondary N) is 1. The first-order chi connectivity index (χ1) is 13.5. The van der Waals surface area contributed by atoms with Gasteiger partial charge in [0.25, 0.3) is 5.91 Å². The molecule has 1 aliphatic rings. The lowest BCUT2D eigenvalue weighted by molar-refractivity contribution is -0.116. The van der Waals surface area contributed by atoms with Gasteiger partial charge in [-0.25, -0.2) is 0 Å². The summed E-state index contributed by atoms with van der Waals surface area (Å²) in [5.41, 5.74) is 4.18. The number of carbonyl (C=O) groups excluding carboxylic acids is 2. The van der Waals surface area contributed by atoms with E-state index in [4.69, 9.17) is 0 Å². The van der Waals surface area contributed by atoms with Crippen molar-refractivity contribution in [3.8, 4) is 0 Å². The van der Waals surface area contributed by atoms with Gasteiger partial charge in [-0.05, 0) is 56.0 Å². The first-order valence-electron chi connectivity index (χ1n) is 9.64. The van der Waals surface area contributed by atoms with Crippen LogP contribution in [0.2, 0.25) is 0 Å². The molecule has 0 bridgehead atoms. The Bertz CT molecular complexity index is 1030. The SMILES string of the molecule is Cc1cc(C)cc(NC(=O)Cn2nc(C(=O)N3CCCC3)c3ccccc32)c1. The van der Waals surface area contributed by atoms with Crippen LogP contribution in [-0.2, 0) is 11.3 Å². The van der Waals surface area contributed by atoms with Crippen molar-refractivity contribution in [2.75, 3.05) is 18.4 Å². The van der Waals surface area contributed by atoms with Crippen molar-refractivity contribution in [2.45, 2.75) is 33.2 Å². The van der Waals surface area contributed by atoms with E-state index < -0.39 is 0 Å². The largest absolute Gasteiger partial charge is 0.337 e. The molecule has 2 amide bonds. The van der Waals surface area contributed by atoms with Crippen molar-refractivity contribution in [3.05, 3.63) is 59.3 Å². The molecule has 6 heteroatoms. The van der Waals surface area contributed by atoms with Gasteiger partial charge < -0.3 is 10.2 Å². The lowest BCUT2D eigenvalue weighted by Crippen LogP contribution is -2.28. The molecule has 2 heterocycles. The van der Waals surface area contributed by atoms with Crippen LogP contribution in [0.1, 0.15) is 34.5 Å². The molecule has 1 N–H and O–H groups in total. The summed E-state index contributed by atoms with van der Waals surface area (Å²) in [6, 6.07) is 13.5. The number of para-hydroxylation sites is 1. The highest BCUT2D eigenvalue weighted by atomic mass is 16.2. The van der Waals surface area contributed by atoms with E-state index in [1.807, 2.05) is 55.1 Å². The summed E-state index contributed by atoms with van der Waals surface area (Å²) in [5.74, 6) is -0.222. The predicted octanol–water partition coefficient (Wildman–Crippen LogP) is 3.53. The second-order valence-electron chi connectivity index (χ2n) is 7.45. The van der Waals surface area contributed by atoms with Gasteiger partial charge in [0, 0.05) is 24.2 Å². The van der Waals surface area contributed by atoms with Crippen LogP contribution in [0.15, 0.2) is 42.5 Å². The number of aryl methyl sites for hydroxylation is 2. The van der Waals surface area contributed by atoms with E-state index in [1.54, 1.807) is 4.68 Å². The lowest BCUT2D eigenvalue weighted by atomic mass is 10.1. The lowest BCUT2D eigenvalue weighted by Gasteiger charge is -2.13. The van der Waals surface area contributed by atoms with Crippen LogP contribution in [0, 0.1) is 13.8 Å². The molecule has 28 heavy (non-hydrogen) atoms. The highest BCUT2D eigenvalue weighted by Gasteiger charge is 2.25. The molecular weight excluding hydrogens is 352 g/mol.